The number of aliphatic hydroxyl groups excluding tert-OH is 1. The molecule has 3 heteroatoms. The molecule has 8 atom stereocenters. The summed E-state index contributed by atoms with van der Waals surface area (Å²) in [5.74, 6) is 3.33. The van der Waals surface area contributed by atoms with Gasteiger partial charge in [-0.15, -0.1) is 0 Å². The number of Topliss-reactive ketones (excluding diaryl/α,β-unsaturated/α-hetero) is 1. The second kappa shape index (κ2) is 5.81. The molecule has 3 nitrogen and oxygen atoms in total. The highest BCUT2D eigenvalue weighted by atomic mass is 16.5. The average Bonchev–Trinajstić information content (AvgIpc) is 2.85. The predicted octanol–water partition coefficient (Wildman–Crippen LogP) is 3.83. The molecular weight excluding hydrogens is 300 g/mol. The average molecular weight is 335 g/mol. The van der Waals surface area contributed by atoms with Crippen molar-refractivity contribution in [3.05, 3.63) is 0 Å². The van der Waals surface area contributed by atoms with Gasteiger partial charge in [-0.1, -0.05) is 13.8 Å². The standard InChI is InChI=1S/C21H34O3/c1-20-9-8-17-15(16(20)6-7-19(20)23)5-4-14-10-18(22)13(12-24-3)11-21(14,17)2/h13-17,19,23H,4-12H2,1-3H3. The molecule has 8 unspecified atom stereocenters. The van der Waals surface area contributed by atoms with E-state index in [0.29, 0.717) is 29.6 Å². The van der Waals surface area contributed by atoms with Crippen LogP contribution in [0.3, 0.4) is 0 Å². The van der Waals surface area contributed by atoms with Crippen LogP contribution in [-0.4, -0.2) is 30.7 Å². The molecule has 4 aliphatic carbocycles. The summed E-state index contributed by atoms with van der Waals surface area (Å²) >= 11 is 0. The van der Waals surface area contributed by atoms with Crippen molar-refractivity contribution in [2.24, 2.45) is 40.4 Å². The van der Waals surface area contributed by atoms with Crippen molar-refractivity contribution >= 4 is 5.78 Å². The summed E-state index contributed by atoms with van der Waals surface area (Å²) < 4.78 is 5.36. The van der Waals surface area contributed by atoms with Gasteiger partial charge in [0.1, 0.15) is 5.78 Å². The first kappa shape index (κ1) is 17.0. The van der Waals surface area contributed by atoms with E-state index >= 15 is 0 Å². The van der Waals surface area contributed by atoms with Crippen LogP contribution in [0, 0.1) is 40.4 Å². The molecule has 4 saturated carbocycles. The molecule has 0 aromatic heterocycles. The number of rotatable bonds is 2. The Morgan fingerprint density at radius 1 is 1.08 bits per heavy atom. The van der Waals surface area contributed by atoms with E-state index in [2.05, 4.69) is 13.8 Å². The van der Waals surface area contributed by atoms with E-state index in [9.17, 15) is 9.90 Å². The molecule has 4 fully saturated rings. The summed E-state index contributed by atoms with van der Waals surface area (Å²) in [6.07, 6.45) is 8.82. The van der Waals surface area contributed by atoms with Crippen molar-refractivity contribution in [1.82, 2.24) is 0 Å². The Morgan fingerprint density at radius 2 is 1.83 bits per heavy atom. The van der Waals surface area contributed by atoms with Gasteiger partial charge < -0.3 is 9.84 Å². The Morgan fingerprint density at radius 3 is 2.58 bits per heavy atom. The Bertz CT molecular complexity index is 517. The van der Waals surface area contributed by atoms with Crippen LogP contribution in [0.25, 0.3) is 0 Å². The largest absolute Gasteiger partial charge is 0.393 e. The van der Waals surface area contributed by atoms with Gasteiger partial charge in [-0.25, -0.2) is 0 Å². The molecule has 0 heterocycles. The first-order chi connectivity index (χ1) is 11.4. The van der Waals surface area contributed by atoms with Crippen molar-refractivity contribution in [2.45, 2.75) is 71.3 Å². The number of carbonyl (C=O) groups is 1. The van der Waals surface area contributed by atoms with E-state index in [-0.39, 0.29) is 17.4 Å². The minimum atomic E-state index is -0.0943. The quantitative estimate of drug-likeness (QED) is 0.835. The van der Waals surface area contributed by atoms with E-state index in [1.165, 1.54) is 32.1 Å². The summed E-state index contributed by atoms with van der Waals surface area (Å²) in [7, 11) is 1.72. The predicted molar refractivity (Wildman–Crippen MR) is 93.5 cm³/mol. The highest BCUT2D eigenvalue weighted by Crippen LogP contribution is 2.66. The molecule has 136 valence electrons. The van der Waals surface area contributed by atoms with Crippen molar-refractivity contribution in [2.75, 3.05) is 13.7 Å². The molecule has 24 heavy (non-hydrogen) atoms. The van der Waals surface area contributed by atoms with Crippen LogP contribution >= 0.6 is 0 Å². The topological polar surface area (TPSA) is 46.5 Å². The molecule has 4 rings (SSSR count). The second-order valence-electron chi connectivity index (χ2n) is 9.82. The lowest BCUT2D eigenvalue weighted by Crippen LogP contribution is -2.55. The van der Waals surface area contributed by atoms with Crippen molar-refractivity contribution in [3.63, 3.8) is 0 Å². The fourth-order valence-corrected chi connectivity index (χ4v) is 7.57. The number of ketones is 1. The molecule has 0 saturated heterocycles. The number of carbonyl (C=O) groups excluding carboxylic acids is 1. The minimum Gasteiger partial charge on any atom is -0.393 e. The summed E-state index contributed by atoms with van der Waals surface area (Å²) in [6, 6.07) is 0. The van der Waals surface area contributed by atoms with Crippen LogP contribution in [-0.2, 0) is 9.53 Å². The van der Waals surface area contributed by atoms with Gasteiger partial charge >= 0.3 is 0 Å². The van der Waals surface area contributed by atoms with Gasteiger partial charge in [-0.2, -0.15) is 0 Å². The SMILES string of the molecule is COCC1CC2(C)C(CCC3C4CCC(O)C4(C)CCC32)CC1=O. The van der Waals surface area contributed by atoms with Gasteiger partial charge in [0.25, 0.3) is 0 Å². The Hall–Kier alpha value is -0.410. The summed E-state index contributed by atoms with van der Waals surface area (Å²) in [4.78, 5) is 12.5. The molecule has 4 aliphatic rings. The molecule has 0 radical (unpaired) electrons. The monoisotopic (exact) mass is 334 g/mol. The van der Waals surface area contributed by atoms with E-state index in [0.717, 1.165) is 31.1 Å². The zero-order valence-corrected chi connectivity index (χ0v) is 15.6. The number of ether oxygens (including phenoxy) is 1. The maximum atomic E-state index is 12.5. The Labute approximate surface area is 146 Å². The third-order valence-electron chi connectivity index (χ3n) is 8.97. The smallest absolute Gasteiger partial charge is 0.138 e. The number of hydrogen-bond acceptors (Lipinski definition) is 3. The molecule has 0 bridgehead atoms. The fraction of sp³-hybridized carbons (Fsp3) is 0.952. The van der Waals surface area contributed by atoms with E-state index in [1.807, 2.05) is 0 Å². The van der Waals surface area contributed by atoms with Crippen LogP contribution in [0.2, 0.25) is 0 Å². The van der Waals surface area contributed by atoms with Crippen LogP contribution in [0.1, 0.15) is 65.2 Å². The van der Waals surface area contributed by atoms with E-state index < -0.39 is 0 Å². The molecule has 0 aromatic rings. The van der Waals surface area contributed by atoms with Gasteiger partial charge in [0.15, 0.2) is 0 Å². The zero-order valence-electron chi connectivity index (χ0n) is 15.6. The number of aliphatic hydroxyl groups is 1. The van der Waals surface area contributed by atoms with E-state index in [4.69, 9.17) is 4.74 Å². The van der Waals surface area contributed by atoms with Crippen LogP contribution < -0.4 is 0 Å². The minimum absolute atomic E-state index is 0.0943. The van der Waals surface area contributed by atoms with E-state index in [1.54, 1.807) is 7.11 Å². The summed E-state index contributed by atoms with van der Waals surface area (Å²) in [5, 5.41) is 10.6. The summed E-state index contributed by atoms with van der Waals surface area (Å²) in [5.41, 5.74) is 0.454. The first-order valence-corrected chi connectivity index (χ1v) is 10.1. The molecular formula is C21H34O3. The lowest BCUT2D eigenvalue weighted by molar-refractivity contribution is -0.152. The summed E-state index contributed by atoms with van der Waals surface area (Å²) in [6.45, 7) is 5.42. The molecule has 1 N–H and O–H groups in total. The lowest BCUT2D eigenvalue weighted by atomic mass is 9.44. The normalized spacial score (nSPS) is 54.1. The lowest BCUT2D eigenvalue weighted by Gasteiger charge is -2.60. The van der Waals surface area contributed by atoms with Crippen molar-refractivity contribution in [1.29, 1.82) is 0 Å². The Kier molecular flexibility index (Phi) is 4.12. The highest BCUT2D eigenvalue weighted by molar-refractivity contribution is 5.82. The molecule has 0 aromatic carbocycles. The molecule has 0 amide bonds. The number of hydrogen-bond donors (Lipinski definition) is 1. The van der Waals surface area contributed by atoms with Gasteiger partial charge in [0.2, 0.25) is 0 Å². The Balaban J connectivity index is 1.61. The van der Waals surface area contributed by atoms with Gasteiger partial charge in [0, 0.05) is 19.4 Å². The van der Waals surface area contributed by atoms with Gasteiger partial charge in [-0.3, -0.25) is 4.79 Å². The van der Waals surface area contributed by atoms with Crippen LogP contribution in [0.15, 0.2) is 0 Å². The van der Waals surface area contributed by atoms with Gasteiger partial charge in [-0.05, 0) is 79.4 Å². The van der Waals surface area contributed by atoms with Gasteiger partial charge in [0.05, 0.1) is 12.7 Å². The van der Waals surface area contributed by atoms with Crippen molar-refractivity contribution < 1.29 is 14.6 Å². The fourth-order valence-electron chi connectivity index (χ4n) is 7.57. The zero-order chi connectivity index (χ0) is 17.1. The van der Waals surface area contributed by atoms with Crippen LogP contribution in [0.5, 0.6) is 0 Å². The van der Waals surface area contributed by atoms with Crippen molar-refractivity contribution in [3.8, 4) is 0 Å². The number of fused-ring (bicyclic) bond motifs is 5. The second-order valence-corrected chi connectivity index (χ2v) is 9.82. The third-order valence-corrected chi connectivity index (χ3v) is 8.97. The van der Waals surface area contributed by atoms with Crippen LogP contribution in [0.4, 0.5) is 0 Å². The third kappa shape index (κ3) is 2.26. The number of methoxy groups -OCH3 is 1. The maximum absolute atomic E-state index is 12.5. The first-order valence-electron chi connectivity index (χ1n) is 10.1. The molecule has 0 aliphatic heterocycles. The highest BCUT2D eigenvalue weighted by Gasteiger charge is 2.60. The molecule has 0 spiro atoms. The maximum Gasteiger partial charge on any atom is 0.138 e.